The van der Waals surface area contributed by atoms with Gasteiger partial charge in [0.15, 0.2) is 0 Å². The third kappa shape index (κ3) is 1.59. The van der Waals surface area contributed by atoms with E-state index in [0.29, 0.717) is 11.8 Å². The summed E-state index contributed by atoms with van der Waals surface area (Å²) in [7, 11) is 0. The van der Waals surface area contributed by atoms with Gasteiger partial charge in [-0.3, -0.25) is 4.79 Å². The van der Waals surface area contributed by atoms with Crippen LogP contribution in [0, 0.1) is 17.3 Å². The summed E-state index contributed by atoms with van der Waals surface area (Å²) in [5.74, 6) is 1.14. The Bertz CT molecular complexity index is 188. The van der Waals surface area contributed by atoms with Crippen molar-refractivity contribution < 1.29 is 4.79 Å². The zero-order valence-electron chi connectivity index (χ0n) is 9.18. The van der Waals surface area contributed by atoms with E-state index in [9.17, 15) is 4.79 Å². The Morgan fingerprint density at radius 1 is 1.23 bits per heavy atom. The molecule has 0 saturated carbocycles. The van der Waals surface area contributed by atoms with Crippen molar-refractivity contribution in [3.63, 3.8) is 0 Å². The van der Waals surface area contributed by atoms with Gasteiger partial charge in [0.25, 0.3) is 0 Å². The SMILES string of the molecule is CC(C)C1(C(C)C)CCCNC1=O. The van der Waals surface area contributed by atoms with Crippen LogP contribution in [0.1, 0.15) is 40.5 Å². The molecule has 0 spiro atoms. The van der Waals surface area contributed by atoms with E-state index >= 15 is 0 Å². The fourth-order valence-corrected chi connectivity index (χ4v) is 2.63. The number of piperidine rings is 1. The highest BCUT2D eigenvalue weighted by molar-refractivity contribution is 5.83. The van der Waals surface area contributed by atoms with Crippen LogP contribution < -0.4 is 5.32 Å². The summed E-state index contributed by atoms with van der Waals surface area (Å²) in [6.45, 7) is 9.49. The first-order chi connectivity index (χ1) is 6.01. The van der Waals surface area contributed by atoms with Gasteiger partial charge in [-0.15, -0.1) is 0 Å². The molecule has 1 saturated heterocycles. The fourth-order valence-electron chi connectivity index (χ4n) is 2.63. The van der Waals surface area contributed by atoms with Crippen molar-refractivity contribution in [1.29, 1.82) is 0 Å². The Kier molecular flexibility index (Phi) is 2.99. The average Bonchev–Trinajstić information content (AvgIpc) is 2.04. The second-order valence-electron chi connectivity index (χ2n) is 4.71. The lowest BCUT2D eigenvalue weighted by atomic mass is 9.64. The molecule has 1 heterocycles. The molecular formula is C11H21NO. The minimum atomic E-state index is -0.113. The smallest absolute Gasteiger partial charge is 0.226 e. The lowest BCUT2D eigenvalue weighted by molar-refractivity contribution is -0.140. The number of hydrogen-bond donors (Lipinski definition) is 1. The molecular weight excluding hydrogens is 162 g/mol. The van der Waals surface area contributed by atoms with Crippen molar-refractivity contribution in [2.75, 3.05) is 6.54 Å². The van der Waals surface area contributed by atoms with Crippen LogP contribution in [0.5, 0.6) is 0 Å². The van der Waals surface area contributed by atoms with Gasteiger partial charge in [0.05, 0.1) is 5.41 Å². The first-order valence-electron chi connectivity index (χ1n) is 5.30. The molecule has 13 heavy (non-hydrogen) atoms. The average molecular weight is 183 g/mol. The Balaban J connectivity index is 2.93. The predicted molar refractivity (Wildman–Crippen MR) is 54.4 cm³/mol. The molecule has 0 bridgehead atoms. The standard InChI is InChI=1S/C11H21NO/c1-8(2)11(9(3)4)6-5-7-12-10(11)13/h8-9H,5-7H2,1-4H3,(H,12,13). The Labute approximate surface area is 81.1 Å². The molecule has 76 valence electrons. The molecule has 2 nitrogen and oxygen atoms in total. The second-order valence-corrected chi connectivity index (χ2v) is 4.71. The number of amides is 1. The normalized spacial score (nSPS) is 22.2. The van der Waals surface area contributed by atoms with Crippen molar-refractivity contribution in [2.24, 2.45) is 17.3 Å². The van der Waals surface area contributed by atoms with E-state index in [1.807, 2.05) is 0 Å². The van der Waals surface area contributed by atoms with E-state index in [2.05, 4.69) is 33.0 Å². The van der Waals surface area contributed by atoms with E-state index < -0.39 is 0 Å². The van der Waals surface area contributed by atoms with Crippen LogP contribution in [-0.4, -0.2) is 12.5 Å². The van der Waals surface area contributed by atoms with E-state index in [1.54, 1.807) is 0 Å². The number of nitrogens with one attached hydrogen (secondary N) is 1. The molecule has 0 aromatic heterocycles. The highest BCUT2D eigenvalue weighted by atomic mass is 16.2. The van der Waals surface area contributed by atoms with Crippen LogP contribution in [0.4, 0.5) is 0 Å². The van der Waals surface area contributed by atoms with Crippen molar-refractivity contribution >= 4 is 5.91 Å². The molecule has 1 aliphatic heterocycles. The fraction of sp³-hybridized carbons (Fsp3) is 0.909. The quantitative estimate of drug-likeness (QED) is 0.698. The van der Waals surface area contributed by atoms with Crippen molar-refractivity contribution in [3.8, 4) is 0 Å². The largest absolute Gasteiger partial charge is 0.356 e. The second kappa shape index (κ2) is 3.69. The molecule has 0 atom stereocenters. The van der Waals surface area contributed by atoms with E-state index in [0.717, 1.165) is 19.4 Å². The summed E-state index contributed by atoms with van der Waals surface area (Å²) in [6, 6.07) is 0. The molecule has 0 radical (unpaired) electrons. The molecule has 1 rings (SSSR count). The predicted octanol–water partition coefficient (Wildman–Crippen LogP) is 2.19. The summed E-state index contributed by atoms with van der Waals surface area (Å²) in [5, 5.41) is 3.00. The first-order valence-corrected chi connectivity index (χ1v) is 5.30. The molecule has 0 aromatic carbocycles. The highest BCUT2D eigenvalue weighted by Crippen LogP contribution is 2.42. The molecule has 1 aliphatic rings. The third-order valence-corrected chi connectivity index (χ3v) is 3.54. The monoisotopic (exact) mass is 183 g/mol. The van der Waals surface area contributed by atoms with Gasteiger partial charge in [-0.1, -0.05) is 27.7 Å². The van der Waals surface area contributed by atoms with Crippen LogP contribution in [0.15, 0.2) is 0 Å². The Hall–Kier alpha value is -0.530. The summed E-state index contributed by atoms with van der Waals surface area (Å²) in [4.78, 5) is 11.9. The number of hydrogen-bond acceptors (Lipinski definition) is 1. The minimum Gasteiger partial charge on any atom is -0.356 e. The number of rotatable bonds is 2. The van der Waals surface area contributed by atoms with Gasteiger partial charge in [-0.05, 0) is 24.7 Å². The molecule has 0 aliphatic carbocycles. The maximum absolute atomic E-state index is 11.9. The molecule has 0 unspecified atom stereocenters. The van der Waals surface area contributed by atoms with Gasteiger partial charge < -0.3 is 5.32 Å². The maximum atomic E-state index is 11.9. The van der Waals surface area contributed by atoms with Crippen molar-refractivity contribution in [3.05, 3.63) is 0 Å². The Morgan fingerprint density at radius 3 is 2.08 bits per heavy atom. The van der Waals surface area contributed by atoms with E-state index in [-0.39, 0.29) is 11.3 Å². The van der Waals surface area contributed by atoms with Gasteiger partial charge in [0.2, 0.25) is 5.91 Å². The van der Waals surface area contributed by atoms with Crippen LogP contribution >= 0.6 is 0 Å². The van der Waals surface area contributed by atoms with Gasteiger partial charge in [0, 0.05) is 6.54 Å². The summed E-state index contributed by atoms with van der Waals surface area (Å²) in [5.41, 5.74) is -0.113. The maximum Gasteiger partial charge on any atom is 0.226 e. The zero-order valence-corrected chi connectivity index (χ0v) is 9.18. The minimum absolute atomic E-state index is 0.113. The molecule has 1 fully saturated rings. The summed E-state index contributed by atoms with van der Waals surface area (Å²) in [6.07, 6.45) is 2.18. The lowest BCUT2D eigenvalue weighted by Gasteiger charge is -2.42. The molecule has 1 amide bonds. The first kappa shape index (κ1) is 10.6. The van der Waals surface area contributed by atoms with Gasteiger partial charge in [0.1, 0.15) is 0 Å². The third-order valence-electron chi connectivity index (χ3n) is 3.54. The van der Waals surface area contributed by atoms with Gasteiger partial charge in [-0.25, -0.2) is 0 Å². The summed E-state index contributed by atoms with van der Waals surface area (Å²) >= 11 is 0. The van der Waals surface area contributed by atoms with Crippen LogP contribution in [0.25, 0.3) is 0 Å². The highest BCUT2D eigenvalue weighted by Gasteiger charge is 2.45. The van der Waals surface area contributed by atoms with Gasteiger partial charge in [-0.2, -0.15) is 0 Å². The number of carbonyl (C=O) groups is 1. The molecule has 2 heteroatoms. The van der Waals surface area contributed by atoms with Crippen LogP contribution in [0.2, 0.25) is 0 Å². The van der Waals surface area contributed by atoms with Crippen molar-refractivity contribution in [2.45, 2.75) is 40.5 Å². The lowest BCUT2D eigenvalue weighted by Crippen LogP contribution is -2.51. The Morgan fingerprint density at radius 2 is 1.77 bits per heavy atom. The topological polar surface area (TPSA) is 29.1 Å². The molecule has 0 aromatic rings. The zero-order chi connectivity index (χ0) is 10.1. The van der Waals surface area contributed by atoms with E-state index in [1.165, 1.54) is 0 Å². The van der Waals surface area contributed by atoms with Crippen molar-refractivity contribution in [1.82, 2.24) is 5.32 Å². The van der Waals surface area contributed by atoms with E-state index in [4.69, 9.17) is 0 Å². The summed E-state index contributed by atoms with van der Waals surface area (Å²) < 4.78 is 0. The van der Waals surface area contributed by atoms with Gasteiger partial charge >= 0.3 is 0 Å². The van der Waals surface area contributed by atoms with Crippen LogP contribution in [-0.2, 0) is 4.79 Å². The number of carbonyl (C=O) groups excluding carboxylic acids is 1. The molecule has 1 N–H and O–H groups in total. The van der Waals surface area contributed by atoms with Crippen LogP contribution in [0.3, 0.4) is 0 Å².